The van der Waals surface area contributed by atoms with Gasteiger partial charge in [0.05, 0.1) is 31.5 Å². The summed E-state index contributed by atoms with van der Waals surface area (Å²) in [4.78, 5) is 23.9. The molecule has 1 amide bonds. The van der Waals surface area contributed by atoms with Crippen LogP contribution in [0.3, 0.4) is 0 Å². The van der Waals surface area contributed by atoms with E-state index in [0.29, 0.717) is 32.1 Å². The topological polar surface area (TPSA) is 127 Å². The molecule has 1 aliphatic rings. The largest absolute Gasteiger partial charge is 0.394 e. The number of aliphatic hydroxyl groups excluding tert-OH is 4. The van der Waals surface area contributed by atoms with E-state index in [1.165, 1.54) is 0 Å². The number of unbranched alkanes of at least 4 members (excludes halogenated alkanes) is 3. The maximum Gasteiger partial charge on any atom is 0.220 e. The zero-order chi connectivity index (χ0) is 22.4. The van der Waals surface area contributed by atoms with Crippen molar-refractivity contribution in [3.05, 3.63) is 24.3 Å². The first-order valence-corrected chi connectivity index (χ1v) is 11.2. The third-order valence-corrected chi connectivity index (χ3v) is 5.54. The Morgan fingerprint density at radius 1 is 1.20 bits per heavy atom. The van der Waals surface area contributed by atoms with E-state index in [4.69, 9.17) is 10.2 Å². The maximum atomic E-state index is 12.2. The molecule has 0 aromatic rings. The lowest BCUT2D eigenvalue weighted by molar-refractivity contribution is -0.122. The standard InChI is InChI=1S/C23H39NO6/c1-2-3-6-9-18(27)12-13-20-19(21(28)14-22(20)29)10-7-4-5-8-11-23(30)24-17(15-25)16-26/h4,7,12-13,17-21,25-28H,2-3,5-6,8-11,14-16H2,1H3,(H,24,30)/b7-4-,13-12+/t18?,19-,20-,21?/m1/s1. The summed E-state index contributed by atoms with van der Waals surface area (Å²) in [6.07, 6.45) is 12.2. The van der Waals surface area contributed by atoms with Crippen molar-refractivity contribution in [1.82, 2.24) is 5.32 Å². The van der Waals surface area contributed by atoms with Gasteiger partial charge < -0.3 is 25.7 Å². The van der Waals surface area contributed by atoms with Crippen LogP contribution in [0.2, 0.25) is 0 Å². The second-order valence-electron chi connectivity index (χ2n) is 8.10. The Kier molecular flexibility index (Phi) is 13.5. The van der Waals surface area contributed by atoms with Gasteiger partial charge in [0, 0.05) is 24.7 Å². The molecule has 172 valence electrons. The van der Waals surface area contributed by atoms with Crippen LogP contribution in [0.4, 0.5) is 0 Å². The molecule has 0 aromatic carbocycles. The Morgan fingerprint density at radius 3 is 2.60 bits per heavy atom. The van der Waals surface area contributed by atoms with Crippen molar-refractivity contribution in [2.45, 2.75) is 83.0 Å². The fraction of sp³-hybridized carbons (Fsp3) is 0.739. The van der Waals surface area contributed by atoms with Gasteiger partial charge in [0.1, 0.15) is 5.78 Å². The van der Waals surface area contributed by atoms with Crippen LogP contribution in [0.15, 0.2) is 24.3 Å². The van der Waals surface area contributed by atoms with Crippen molar-refractivity contribution in [1.29, 1.82) is 0 Å². The fourth-order valence-electron chi connectivity index (χ4n) is 3.67. The van der Waals surface area contributed by atoms with Crippen molar-refractivity contribution >= 4 is 11.7 Å². The van der Waals surface area contributed by atoms with Gasteiger partial charge in [-0.15, -0.1) is 0 Å². The van der Waals surface area contributed by atoms with Gasteiger partial charge in [-0.3, -0.25) is 9.59 Å². The molecule has 7 heteroatoms. The zero-order valence-corrected chi connectivity index (χ0v) is 18.1. The van der Waals surface area contributed by atoms with E-state index in [0.717, 1.165) is 19.3 Å². The maximum absolute atomic E-state index is 12.2. The summed E-state index contributed by atoms with van der Waals surface area (Å²) in [6.45, 7) is 1.52. The van der Waals surface area contributed by atoms with Crippen LogP contribution in [0.25, 0.3) is 0 Å². The molecular formula is C23H39NO6. The summed E-state index contributed by atoms with van der Waals surface area (Å²) in [5.74, 6) is -0.760. The SMILES string of the molecule is CCCCCC(O)/C=C/[C@H]1C(=O)CC(O)[C@@H]1C/C=C\CCCC(=O)NC(CO)CO. The van der Waals surface area contributed by atoms with E-state index in [1.54, 1.807) is 12.2 Å². The molecule has 0 radical (unpaired) electrons. The number of aliphatic hydroxyl groups is 4. The lowest BCUT2D eigenvalue weighted by Crippen LogP contribution is -2.39. The van der Waals surface area contributed by atoms with Crippen LogP contribution in [0.5, 0.6) is 0 Å². The number of ketones is 1. The third-order valence-electron chi connectivity index (χ3n) is 5.54. The number of hydrogen-bond acceptors (Lipinski definition) is 6. The van der Waals surface area contributed by atoms with Crippen LogP contribution >= 0.6 is 0 Å². The number of carbonyl (C=O) groups is 2. The summed E-state index contributed by atoms with van der Waals surface area (Å²) >= 11 is 0. The minimum atomic E-state index is -0.672. The number of rotatable bonds is 15. The molecule has 30 heavy (non-hydrogen) atoms. The molecule has 0 bridgehead atoms. The molecule has 0 aliphatic heterocycles. The average Bonchev–Trinajstić information content (AvgIpc) is 2.99. The predicted octanol–water partition coefficient (Wildman–Crippen LogP) is 1.64. The van der Waals surface area contributed by atoms with Gasteiger partial charge in [-0.1, -0.05) is 50.5 Å². The van der Waals surface area contributed by atoms with Crippen molar-refractivity contribution in [2.24, 2.45) is 11.8 Å². The van der Waals surface area contributed by atoms with Crippen LogP contribution in [0.1, 0.15) is 64.7 Å². The van der Waals surface area contributed by atoms with E-state index in [-0.39, 0.29) is 43.2 Å². The minimum Gasteiger partial charge on any atom is -0.394 e. The van der Waals surface area contributed by atoms with Gasteiger partial charge in [-0.05, 0) is 25.7 Å². The number of allylic oxidation sites excluding steroid dienone is 3. The van der Waals surface area contributed by atoms with Gasteiger partial charge >= 0.3 is 0 Å². The lowest BCUT2D eigenvalue weighted by Gasteiger charge is -2.17. The zero-order valence-electron chi connectivity index (χ0n) is 18.1. The summed E-state index contributed by atoms with van der Waals surface area (Å²) in [7, 11) is 0. The van der Waals surface area contributed by atoms with E-state index < -0.39 is 18.2 Å². The van der Waals surface area contributed by atoms with Crippen LogP contribution in [0, 0.1) is 11.8 Å². The number of amides is 1. The third kappa shape index (κ3) is 9.98. The summed E-state index contributed by atoms with van der Waals surface area (Å²) in [6, 6.07) is -0.621. The molecule has 4 atom stereocenters. The van der Waals surface area contributed by atoms with Crippen LogP contribution < -0.4 is 5.32 Å². The normalized spacial score (nSPS) is 23.1. The molecular weight excluding hydrogens is 386 g/mol. The Bertz CT molecular complexity index is 558. The number of carbonyl (C=O) groups excluding carboxylic acids is 2. The number of nitrogens with one attached hydrogen (secondary N) is 1. The smallest absolute Gasteiger partial charge is 0.220 e. The lowest BCUT2D eigenvalue weighted by atomic mass is 9.90. The average molecular weight is 426 g/mol. The van der Waals surface area contributed by atoms with Crippen LogP contribution in [-0.4, -0.2) is 63.6 Å². The van der Waals surface area contributed by atoms with Crippen molar-refractivity contribution in [3.63, 3.8) is 0 Å². The highest BCUT2D eigenvalue weighted by Crippen LogP contribution is 2.33. The van der Waals surface area contributed by atoms with Crippen molar-refractivity contribution in [2.75, 3.05) is 13.2 Å². The van der Waals surface area contributed by atoms with Gasteiger partial charge in [-0.2, -0.15) is 0 Å². The Morgan fingerprint density at radius 2 is 1.93 bits per heavy atom. The second-order valence-corrected chi connectivity index (χ2v) is 8.10. The highest BCUT2D eigenvalue weighted by molar-refractivity contribution is 5.86. The van der Waals surface area contributed by atoms with Crippen molar-refractivity contribution < 1.29 is 30.0 Å². The minimum absolute atomic E-state index is 0.0110. The van der Waals surface area contributed by atoms with E-state index in [1.807, 2.05) is 12.2 Å². The highest BCUT2D eigenvalue weighted by atomic mass is 16.3. The predicted molar refractivity (Wildman–Crippen MR) is 116 cm³/mol. The van der Waals surface area contributed by atoms with Gasteiger partial charge in [0.15, 0.2) is 0 Å². The molecule has 1 rings (SSSR count). The molecule has 1 saturated carbocycles. The molecule has 0 spiro atoms. The first-order valence-electron chi connectivity index (χ1n) is 11.2. The van der Waals surface area contributed by atoms with Gasteiger partial charge in [0.2, 0.25) is 5.91 Å². The monoisotopic (exact) mass is 425 g/mol. The Balaban J connectivity index is 2.40. The molecule has 0 heterocycles. The van der Waals surface area contributed by atoms with E-state index in [2.05, 4.69) is 12.2 Å². The fourth-order valence-corrected chi connectivity index (χ4v) is 3.67. The summed E-state index contributed by atoms with van der Waals surface area (Å²) < 4.78 is 0. The molecule has 5 N–H and O–H groups in total. The summed E-state index contributed by atoms with van der Waals surface area (Å²) in [5.41, 5.74) is 0. The first-order chi connectivity index (χ1) is 14.4. The molecule has 0 aromatic heterocycles. The van der Waals surface area contributed by atoms with Crippen molar-refractivity contribution in [3.8, 4) is 0 Å². The second kappa shape index (κ2) is 15.3. The summed E-state index contributed by atoms with van der Waals surface area (Å²) in [5, 5.41) is 40.7. The highest BCUT2D eigenvalue weighted by Gasteiger charge is 2.39. The number of hydrogen-bond donors (Lipinski definition) is 5. The molecule has 2 unspecified atom stereocenters. The molecule has 7 nitrogen and oxygen atoms in total. The quantitative estimate of drug-likeness (QED) is 0.200. The molecule has 1 fully saturated rings. The van der Waals surface area contributed by atoms with E-state index in [9.17, 15) is 19.8 Å². The molecule has 0 saturated heterocycles. The molecule has 1 aliphatic carbocycles. The van der Waals surface area contributed by atoms with Gasteiger partial charge in [0.25, 0.3) is 0 Å². The Labute approximate surface area is 179 Å². The van der Waals surface area contributed by atoms with Gasteiger partial charge in [-0.25, -0.2) is 0 Å². The first kappa shape index (κ1) is 26.5. The van der Waals surface area contributed by atoms with E-state index >= 15 is 0 Å². The number of Topliss-reactive ketones (excluding diaryl/α,β-unsaturated/α-hetero) is 1. The Hall–Kier alpha value is -1.54. The van der Waals surface area contributed by atoms with Crippen LogP contribution in [-0.2, 0) is 9.59 Å².